The van der Waals surface area contributed by atoms with Crippen molar-refractivity contribution in [1.82, 2.24) is 4.90 Å². The van der Waals surface area contributed by atoms with Crippen molar-refractivity contribution in [1.29, 1.82) is 0 Å². The van der Waals surface area contributed by atoms with E-state index in [1.165, 1.54) is 0 Å². The number of β-lactam (4-membered cyclic amide) rings is 1. The highest BCUT2D eigenvalue weighted by molar-refractivity contribution is 5.87. The molecule has 0 aromatic heterocycles. The van der Waals surface area contributed by atoms with Crippen LogP contribution in [0.5, 0.6) is 0 Å². The summed E-state index contributed by atoms with van der Waals surface area (Å²) in [6.45, 7) is 7.56. The molecular formula is C16H29NO5. The number of carbonyl (C=O) groups excluding carboxylic acids is 1. The van der Waals surface area contributed by atoms with E-state index in [1.54, 1.807) is 4.90 Å². The van der Waals surface area contributed by atoms with Gasteiger partial charge >= 0.3 is 0 Å². The highest BCUT2D eigenvalue weighted by Gasteiger charge is 2.60. The van der Waals surface area contributed by atoms with Gasteiger partial charge in [0.2, 0.25) is 5.91 Å². The molecule has 2 saturated heterocycles. The molecule has 6 nitrogen and oxygen atoms in total. The van der Waals surface area contributed by atoms with Gasteiger partial charge in [-0.25, -0.2) is 0 Å². The molecule has 0 spiro atoms. The number of fused-ring (bicyclic) bond motifs is 1. The lowest BCUT2D eigenvalue weighted by Gasteiger charge is -2.47. The lowest BCUT2D eigenvalue weighted by atomic mass is 9.87. The van der Waals surface area contributed by atoms with Gasteiger partial charge in [0, 0.05) is 19.8 Å². The molecule has 2 heterocycles. The van der Waals surface area contributed by atoms with Crippen LogP contribution in [0.3, 0.4) is 0 Å². The van der Waals surface area contributed by atoms with Crippen LogP contribution in [0.4, 0.5) is 0 Å². The van der Waals surface area contributed by atoms with Gasteiger partial charge in [-0.3, -0.25) is 4.79 Å². The number of rotatable bonds is 10. The average Bonchev–Trinajstić information content (AvgIpc) is 2.82. The minimum atomic E-state index is -0.488. The van der Waals surface area contributed by atoms with Gasteiger partial charge in [0.05, 0.1) is 24.8 Å². The Bertz CT molecular complexity index is 358. The molecular weight excluding hydrogens is 286 g/mol. The normalized spacial score (nSPS) is 30.8. The van der Waals surface area contributed by atoms with Crippen LogP contribution in [-0.4, -0.2) is 66.8 Å². The molecule has 4 atom stereocenters. The second kappa shape index (κ2) is 8.24. The van der Waals surface area contributed by atoms with Gasteiger partial charge < -0.3 is 24.2 Å². The molecule has 2 rings (SSSR count). The molecule has 1 amide bonds. The predicted molar refractivity (Wildman–Crippen MR) is 81.3 cm³/mol. The fraction of sp³-hybridized carbons (Fsp3) is 0.938. The van der Waals surface area contributed by atoms with Crippen molar-refractivity contribution in [2.75, 3.05) is 26.4 Å². The standard InChI is InChI=1S/C16H29NO5/c1-4-7-8-22-13-9-11-14(16(20-5-2)21-6-3)15(19)17(11)12(13)10-18/h11-14,16,18H,4-10H2,1-3H3/t11-,12+,13+,14+/m1/s1. The Kier molecular flexibility index (Phi) is 6.62. The number of carbonyl (C=O) groups is 1. The van der Waals surface area contributed by atoms with E-state index >= 15 is 0 Å². The number of unbranched alkanes of at least 4 members (excludes halogenated alkanes) is 1. The zero-order chi connectivity index (χ0) is 16.1. The molecule has 0 aliphatic carbocycles. The highest BCUT2D eigenvalue weighted by atomic mass is 16.7. The lowest BCUT2D eigenvalue weighted by Crippen LogP contribution is -2.65. The first-order valence-electron chi connectivity index (χ1n) is 8.47. The van der Waals surface area contributed by atoms with E-state index in [2.05, 4.69) is 6.92 Å². The number of aliphatic hydroxyl groups excluding tert-OH is 1. The Hall–Kier alpha value is -0.690. The third kappa shape index (κ3) is 3.30. The molecule has 0 bridgehead atoms. The molecule has 128 valence electrons. The monoisotopic (exact) mass is 315 g/mol. The van der Waals surface area contributed by atoms with Gasteiger partial charge in [-0.15, -0.1) is 0 Å². The van der Waals surface area contributed by atoms with Gasteiger partial charge in [-0.05, 0) is 26.7 Å². The van der Waals surface area contributed by atoms with Crippen molar-refractivity contribution in [3.8, 4) is 0 Å². The largest absolute Gasteiger partial charge is 0.394 e. The van der Waals surface area contributed by atoms with E-state index in [0.29, 0.717) is 19.8 Å². The molecule has 0 aromatic carbocycles. The van der Waals surface area contributed by atoms with Crippen LogP contribution in [0.15, 0.2) is 0 Å². The minimum Gasteiger partial charge on any atom is -0.394 e. The summed E-state index contributed by atoms with van der Waals surface area (Å²) in [6, 6.07) is -0.172. The van der Waals surface area contributed by atoms with Crippen molar-refractivity contribution in [2.24, 2.45) is 5.92 Å². The second-order valence-electron chi connectivity index (χ2n) is 5.87. The van der Waals surface area contributed by atoms with E-state index in [1.807, 2.05) is 13.8 Å². The Labute approximate surface area is 132 Å². The van der Waals surface area contributed by atoms with E-state index < -0.39 is 6.29 Å². The zero-order valence-electron chi connectivity index (χ0n) is 13.9. The molecule has 0 saturated carbocycles. The van der Waals surface area contributed by atoms with Crippen LogP contribution in [0, 0.1) is 5.92 Å². The van der Waals surface area contributed by atoms with Crippen molar-refractivity contribution in [3.05, 3.63) is 0 Å². The molecule has 2 aliphatic rings. The molecule has 0 unspecified atom stereocenters. The summed E-state index contributed by atoms with van der Waals surface area (Å²) in [5.74, 6) is -0.258. The van der Waals surface area contributed by atoms with Crippen LogP contribution in [0.25, 0.3) is 0 Å². The van der Waals surface area contributed by atoms with E-state index in [-0.39, 0.29) is 36.6 Å². The maximum absolute atomic E-state index is 12.5. The number of ether oxygens (including phenoxy) is 3. The predicted octanol–water partition coefficient (Wildman–Crippen LogP) is 1.16. The van der Waals surface area contributed by atoms with Gasteiger partial charge in [-0.2, -0.15) is 0 Å². The summed E-state index contributed by atoms with van der Waals surface area (Å²) in [7, 11) is 0. The summed E-state index contributed by atoms with van der Waals surface area (Å²) in [6.07, 6.45) is 2.25. The SMILES string of the molecule is CCCCO[C@H]1C[C@@H]2[C@H](C(OCC)OCC)C(=O)N2[C@H]1CO. The first-order valence-corrected chi connectivity index (χ1v) is 8.47. The second-order valence-corrected chi connectivity index (χ2v) is 5.87. The number of aliphatic hydroxyl groups is 1. The van der Waals surface area contributed by atoms with Crippen LogP contribution < -0.4 is 0 Å². The summed E-state index contributed by atoms with van der Waals surface area (Å²) in [4.78, 5) is 14.2. The molecule has 0 aromatic rings. The van der Waals surface area contributed by atoms with E-state index in [0.717, 1.165) is 19.3 Å². The number of nitrogens with zero attached hydrogens (tertiary/aromatic N) is 1. The van der Waals surface area contributed by atoms with Gasteiger partial charge in [-0.1, -0.05) is 13.3 Å². The van der Waals surface area contributed by atoms with Crippen molar-refractivity contribution >= 4 is 5.91 Å². The summed E-state index contributed by atoms with van der Waals surface area (Å²) in [5.41, 5.74) is 0. The van der Waals surface area contributed by atoms with Crippen molar-refractivity contribution < 1.29 is 24.1 Å². The van der Waals surface area contributed by atoms with Crippen LogP contribution >= 0.6 is 0 Å². The smallest absolute Gasteiger partial charge is 0.233 e. The maximum Gasteiger partial charge on any atom is 0.233 e. The van der Waals surface area contributed by atoms with Gasteiger partial charge in [0.25, 0.3) is 0 Å². The molecule has 6 heteroatoms. The quantitative estimate of drug-likeness (QED) is 0.372. The lowest BCUT2D eigenvalue weighted by molar-refractivity contribution is -0.213. The van der Waals surface area contributed by atoms with Crippen LogP contribution in [0.1, 0.15) is 40.0 Å². The van der Waals surface area contributed by atoms with Gasteiger partial charge in [0.1, 0.15) is 5.92 Å². The summed E-state index contributed by atoms with van der Waals surface area (Å²) in [5, 5.41) is 9.63. The number of hydrogen-bond donors (Lipinski definition) is 1. The topological polar surface area (TPSA) is 68.2 Å². The van der Waals surface area contributed by atoms with Gasteiger partial charge in [0.15, 0.2) is 6.29 Å². The first kappa shape index (κ1) is 17.7. The molecule has 22 heavy (non-hydrogen) atoms. The maximum atomic E-state index is 12.5. The Balaban J connectivity index is 2.00. The Morgan fingerprint density at radius 1 is 1.27 bits per heavy atom. The number of hydrogen-bond acceptors (Lipinski definition) is 5. The average molecular weight is 315 g/mol. The third-order valence-electron chi connectivity index (χ3n) is 4.54. The number of amides is 1. The van der Waals surface area contributed by atoms with Crippen molar-refractivity contribution in [3.63, 3.8) is 0 Å². The summed E-state index contributed by atoms with van der Waals surface area (Å²) < 4.78 is 17.1. The fourth-order valence-corrected chi connectivity index (χ4v) is 3.48. The zero-order valence-corrected chi connectivity index (χ0v) is 13.9. The minimum absolute atomic E-state index is 0.0116. The highest BCUT2D eigenvalue weighted by Crippen LogP contribution is 2.43. The van der Waals surface area contributed by atoms with E-state index in [9.17, 15) is 9.90 Å². The van der Waals surface area contributed by atoms with Crippen LogP contribution in [-0.2, 0) is 19.0 Å². The molecule has 2 fully saturated rings. The fourth-order valence-electron chi connectivity index (χ4n) is 3.48. The first-order chi connectivity index (χ1) is 10.7. The molecule has 1 N–H and O–H groups in total. The summed E-state index contributed by atoms with van der Waals surface area (Å²) >= 11 is 0. The molecule has 0 radical (unpaired) electrons. The third-order valence-corrected chi connectivity index (χ3v) is 4.54. The Morgan fingerprint density at radius 2 is 1.95 bits per heavy atom. The van der Waals surface area contributed by atoms with Crippen molar-refractivity contribution in [2.45, 2.75) is 64.5 Å². The molecule has 2 aliphatic heterocycles. The van der Waals surface area contributed by atoms with E-state index in [4.69, 9.17) is 14.2 Å². The van der Waals surface area contributed by atoms with Crippen LogP contribution in [0.2, 0.25) is 0 Å². The Morgan fingerprint density at radius 3 is 2.50 bits per heavy atom.